The number of nitro groups is 1. The van der Waals surface area contributed by atoms with Gasteiger partial charge in [-0.2, -0.15) is 0 Å². The highest BCUT2D eigenvalue weighted by Crippen LogP contribution is 2.23. The number of nitrogens with two attached hydrogens (primary N) is 1. The number of pyridine rings is 1. The van der Waals surface area contributed by atoms with E-state index in [1.54, 1.807) is 0 Å². The van der Waals surface area contributed by atoms with Crippen LogP contribution in [0.25, 0.3) is 0 Å². The molecule has 112 valence electrons. The topological polar surface area (TPSA) is 129 Å². The van der Waals surface area contributed by atoms with Gasteiger partial charge in [-0.3, -0.25) is 19.7 Å². The molecule has 2 amide bonds. The number of hydrogen-bond donors (Lipinski definition) is 1. The van der Waals surface area contributed by atoms with E-state index in [9.17, 15) is 19.7 Å². The fourth-order valence-electron chi connectivity index (χ4n) is 1.98. The van der Waals surface area contributed by atoms with Crippen LogP contribution in [0.15, 0.2) is 12.3 Å². The number of morpholine rings is 1. The van der Waals surface area contributed by atoms with Crippen molar-refractivity contribution < 1.29 is 19.2 Å². The highest BCUT2D eigenvalue weighted by atomic mass is 35.5. The second-order valence-electron chi connectivity index (χ2n) is 4.27. The fraction of sp³-hybridized carbons (Fsp3) is 0.364. The average molecular weight is 315 g/mol. The molecular weight excluding hydrogens is 304 g/mol. The molecule has 1 aromatic heterocycles. The molecule has 1 aromatic rings. The van der Waals surface area contributed by atoms with Gasteiger partial charge < -0.3 is 15.4 Å². The van der Waals surface area contributed by atoms with Crippen molar-refractivity contribution in [3.63, 3.8) is 0 Å². The number of carbonyl (C=O) groups excluding carboxylic acids is 2. The lowest BCUT2D eigenvalue weighted by Gasteiger charge is -2.33. The third kappa shape index (κ3) is 3.09. The average Bonchev–Trinajstić information content (AvgIpc) is 2.46. The first-order chi connectivity index (χ1) is 9.91. The van der Waals surface area contributed by atoms with E-state index in [1.165, 1.54) is 0 Å². The van der Waals surface area contributed by atoms with Crippen molar-refractivity contribution in [3.05, 3.63) is 33.1 Å². The van der Waals surface area contributed by atoms with Crippen LogP contribution in [-0.2, 0) is 9.53 Å². The number of hydrogen-bond acceptors (Lipinski definition) is 6. The van der Waals surface area contributed by atoms with Crippen LogP contribution in [0.3, 0.4) is 0 Å². The van der Waals surface area contributed by atoms with Crippen LogP contribution in [0.5, 0.6) is 0 Å². The van der Waals surface area contributed by atoms with Crippen LogP contribution >= 0.6 is 11.6 Å². The van der Waals surface area contributed by atoms with Crippen molar-refractivity contribution in [2.24, 2.45) is 5.73 Å². The molecule has 1 saturated heterocycles. The van der Waals surface area contributed by atoms with E-state index in [4.69, 9.17) is 22.1 Å². The number of carbonyl (C=O) groups is 2. The van der Waals surface area contributed by atoms with Crippen molar-refractivity contribution >= 4 is 29.1 Å². The van der Waals surface area contributed by atoms with Gasteiger partial charge in [-0.15, -0.1) is 0 Å². The molecule has 1 unspecified atom stereocenters. The van der Waals surface area contributed by atoms with E-state index >= 15 is 0 Å². The number of halogens is 1. The first-order valence-electron chi connectivity index (χ1n) is 5.89. The highest BCUT2D eigenvalue weighted by Gasteiger charge is 2.35. The molecule has 1 fully saturated rings. The highest BCUT2D eigenvalue weighted by molar-refractivity contribution is 6.29. The van der Waals surface area contributed by atoms with Crippen molar-refractivity contribution in [2.45, 2.75) is 6.04 Å². The van der Waals surface area contributed by atoms with Gasteiger partial charge in [-0.25, -0.2) is 4.98 Å². The number of nitrogens with zero attached hydrogens (tertiary/aromatic N) is 3. The van der Waals surface area contributed by atoms with Gasteiger partial charge in [0, 0.05) is 6.54 Å². The van der Waals surface area contributed by atoms with Crippen LogP contribution in [-0.4, -0.2) is 52.4 Å². The number of aromatic nitrogens is 1. The van der Waals surface area contributed by atoms with Gasteiger partial charge in [-0.05, 0) is 6.07 Å². The summed E-state index contributed by atoms with van der Waals surface area (Å²) in [6.07, 6.45) is 0.898. The van der Waals surface area contributed by atoms with Crippen molar-refractivity contribution in [2.75, 3.05) is 19.8 Å². The Morgan fingerprint density at radius 3 is 2.90 bits per heavy atom. The van der Waals surface area contributed by atoms with Crippen LogP contribution < -0.4 is 5.73 Å². The zero-order valence-corrected chi connectivity index (χ0v) is 11.4. The summed E-state index contributed by atoms with van der Waals surface area (Å²) < 4.78 is 5.09. The standard InChI is InChI=1S/C11H11ClN4O5/c12-9-3-6(7(4-14-9)16(19)20)11(18)15-1-2-21-5-8(15)10(13)17/h3-4,8H,1-2,5H2,(H2,13,17). The van der Waals surface area contributed by atoms with Gasteiger partial charge >= 0.3 is 0 Å². The molecule has 2 heterocycles. The summed E-state index contributed by atoms with van der Waals surface area (Å²) in [5.74, 6) is -1.45. The number of amides is 2. The molecule has 0 bridgehead atoms. The fourth-order valence-corrected chi connectivity index (χ4v) is 2.13. The van der Waals surface area contributed by atoms with Gasteiger partial charge in [0.05, 0.1) is 18.1 Å². The lowest BCUT2D eigenvalue weighted by Crippen LogP contribution is -2.54. The van der Waals surface area contributed by atoms with E-state index in [0.29, 0.717) is 0 Å². The summed E-state index contributed by atoms with van der Waals surface area (Å²) in [7, 11) is 0. The van der Waals surface area contributed by atoms with E-state index < -0.39 is 28.5 Å². The first-order valence-corrected chi connectivity index (χ1v) is 6.27. The van der Waals surface area contributed by atoms with Crippen molar-refractivity contribution in [1.29, 1.82) is 0 Å². The SMILES string of the molecule is NC(=O)C1COCCN1C(=O)c1cc(Cl)ncc1[N+](=O)[O-]. The number of rotatable bonds is 3. The minimum absolute atomic E-state index is 0.0479. The van der Waals surface area contributed by atoms with Crippen molar-refractivity contribution in [1.82, 2.24) is 9.88 Å². The van der Waals surface area contributed by atoms with Crippen LogP contribution in [0.4, 0.5) is 5.69 Å². The summed E-state index contributed by atoms with van der Waals surface area (Å²) in [6, 6.07) is 0.119. The molecule has 0 aromatic carbocycles. The molecule has 1 aliphatic heterocycles. The van der Waals surface area contributed by atoms with Crippen LogP contribution in [0.1, 0.15) is 10.4 Å². The van der Waals surface area contributed by atoms with E-state index in [1.807, 2.05) is 0 Å². The molecule has 0 radical (unpaired) electrons. The maximum atomic E-state index is 12.5. The predicted octanol–water partition coefficient (Wildman–Crippen LogP) is -0.0305. The Labute approximate surface area is 123 Å². The summed E-state index contributed by atoms with van der Waals surface area (Å²) in [5.41, 5.74) is 4.49. The molecule has 0 aliphatic carbocycles. The Balaban J connectivity index is 2.40. The lowest BCUT2D eigenvalue weighted by atomic mass is 10.1. The molecular formula is C11H11ClN4O5. The maximum absolute atomic E-state index is 12.5. The Morgan fingerprint density at radius 2 is 2.29 bits per heavy atom. The Bertz CT molecular complexity index is 608. The van der Waals surface area contributed by atoms with Crippen molar-refractivity contribution in [3.8, 4) is 0 Å². The molecule has 10 heteroatoms. The monoisotopic (exact) mass is 314 g/mol. The largest absolute Gasteiger partial charge is 0.377 e. The predicted molar refractivity (Wildman–Crippen MR) is 70.7 cm³/mol. The van der Waals surface area contributed by atoms with Crippen LogP contribution in [0, 0.1) is 10.1 Å². The minimum Gasteiger partial charge on any atom is -0.377 e. The molecule has 21 heavy (non-hydrogen) atoms. The van der Waals surface area contributed by atoms with Gasteiger partial charge in [-0.1, -0.05) is 11.6 Å². The molecule has 0 saturated carbocycles. The first kappa shape index (κ1) is 15.1. The molecule has 1 atom stereocenters. The maximum Gasteiger partial charge on any atom is 0.300 e. The molecule has 2 rings (SSSR count). The third-order valence-corrected chi connectivity index (χ3v) is 3.20. The number of primary amides is 1. The van der Waals surface area contributed by atoms with E-state index in [-0.39, 0.29) is 30.5 Å². The molecule has 2 N–H and O–H groups in total. The summed E-state index contributed by atoms with van der Waals surface area (Å²) in [4.78, 5) is 38.8. The summed E-state index contributed by atoms with van der Waals surface area (Å²) in [6.45, 7) is 0.263. The molecule has 9 nitrogen and oxygen atoms in total. The van der Waals surface area contributed by atoms with E-state index in [0.717, 1.165) is 17.2 Å². The summed E-state index contributed by atoms with van der Waals surface area (Å²) >= 11 is 5.68. The van der Waals surface area contributed by atoms with Crippen LogP contribution in [0.2, 0.25) is 5.15 Å². The van der Waals surface area contributed by atoms with Gasteiger partial charge in [0.2, 0.25) is 5.91 Å². The molecule has 1 aliphatic rings. The summed E-state index contributed by atoms with van der Waals surface area (Å²) in [5, 5.41) is 10.9. The third-order valence-electron chi connectivity index (χ3n) is 2.99. The Morgan fingerprint density at radius 1 is 1.57 bits per heavy atom. The molecule has 0 spiro atoms. The second kappa shape index (κ2) is 6.02. The van der Waals surface area contributed by atoms with E-state index in [2.05, 4.69) is 4.98 Å². The normalized spacial score (nSPS) is 18.3. The minimum atomic E-state index is -0.974. The zero-order valence-electron chi connectivity index (χ0n) is 10.7. The quantitative estimate of drug-likeness (QED) is 0.474. The van der Waals surface area contributed by atoms with Gasteiger partial charge in [0.15, 0.2) is 0 Å². The zero-order chi connectivity index (χ0) is 15.6. The Hall–Kier alpha value is -2.26. The van der Waals surface area contributed by atoms with Gasteiger partial charge in [0.25, 0.3) is 11.6 Å². The lowest BCUT2D eigenvalue weighted by molar-refractivity contribution is -0.385. The smallest absolute Gasteiger partial charge is 0.300 e. The Kier molecular flexibility index (Phi) is 4.34. The second-order valence-corrected chi connectivity index (χ2v) is 4.66. The number of ether oxygens (including phenoxy) is 1. The van der Waals surface area contributed by atoms with Gasteiger partial charge in [0.1, 0.15) is 23.0 Å².